The third-order valence-electron chi connectivity index (χ3n) is 4.16. The Balaban J connectivity index is 2.29. The number of benzene rings is 1. The molecule has 1 saturated heterocycles. The Bertz CT molecular complexity index is 529. The fourth-order valence-electron chi connectivity index (χ4n) is 3.29. The lowest BCUT2D eigenvalue weighted by atomic mass is 9.89. The Hall–Kier alpha value is -1.97. The maximum absolute atomic E-state index is 12.9. The van der Waals surface area contributed by atoms with Crippen LogP contribution in [0.3, 0.4) is 0 Å². The van der Waals surface area contributed by atoms with Gasteiger partial charge in [0.25, 0.3) is 5.91 Å². The lowest BCUT2D eigenvalue weighted by molar-refractivity contribution is -0.119. The second-order valence-corrected chi connectivity index (χ2v) is 6.13. The Morgan fingerprint density at radius 2 is 1.45 bits per heavy atom. The van der Waals surface area contributed by atoms with Crippen molar-refractivity contribution in [1.29, 1.82) is 0 Å². The van der Waals surface area contributed by atoms with Gasteiger partial charge in [-0.25, -0.2) is 0 Å². The predicted octanol–water partition coefficient (Wildman–Crippen LogP) is 3.01. The highest BCUT2D eigenvalue weighted by Gasteiger charge is 2.35. The average Bonchev–Trinajstić information content (AvgIpc) is 2.46. The molecule has 4 heteroatoms. The molecule has 1 aliphatic rings. The van der Waals surface area contributed by atoms with E-state index in [4.69, 9.17) is 0 Å². The van der Waals surface area contributed by atoms with Gasteiger partial charge in [0.1, 0.15) is 11.6 Å². The monoisotopic (exact) mass is 301 g/mol. The number of piperidine rings is 1. The van der Waals surface area contributed by atoms with Gasteiger partial charge in [-0.2, -0.15) is 0 Å². The second-order valence-electron chi connectivity index (χ2n) is 6.13. The molecule has 4 nitrogen and oxygen atoms in total. The molecule has 2 unspecified atom stereocenters. The number of ketones is 2. The molecule has 0 spiro atoms. The summed E-state index contributed by atoms with van der Waals surface area (Å²) in [6.07, 6.45) is 3.34. The van der Waals surface area contributed by atoms with Crippen LogP contribution in [0.4, 0.5) is 0 Å². The van der Waals surface area contributed by atoms with Crippen molar-refractivity contribution in [1.82, 2.24) is 4.90 Å². The fraction of sp³-hybridized carbons (Fsp3) is 0.500. The largest absolute Gasteiger partial charge is 0.332 e. The number of hydrogen-bond donors (Lipinski definition) is 0. The van der Waals surface area contributed by atoms with Gasteiger partial charge in [-0.3, -0.25) is 14.4 Å². The molecule has 1 fully saturated rings. The first-order valence-electron chi connectivity index (χ1n) is 7.85. The minimum absolute atomic E-state index is 0.0715. The van der Waals surface area contributed by atoms with Crippen LogP contribution in [0, 0.1) is 0 Å². The van der Waals surface area contributed by atoms with Crippen LogP contribution in [0.1, 0.15) is 56.3 Å². The second kappa shape index (κ2) is 7.34. The van der Waals surface area contributed by atoms with E-state index < -0.39 is 0 Å². The molecule has 2 rings (SSSR count). The number of Topliss-reactive ketones (excluding diaryl/α,β-unsaturated/α-hetero) is 2. The van der Waals surface area contributed by atoms with Crippen LogP contribution in [-0.2, 0) is 9.59 Å². The van der Waals surface area contributed by atoms with Crippen molar-refractivity contribution < 1.29 is 14.4 Å². The Kier molecular flexibility index (Phi) is 5.47. The molecule has 1 aromatic carbocycles. The number of likely N-dealkylation sites (tertiary alicyclic amines) is 1. The number of carbonyl (C=O) groups excluding carboxylic acids is 3. The normalized spacial score (nSPS) is 21.5. The molecule has 0 aromatic heterocycles. The molecular weight excluding hydrogens is 278 g/mol. The zero-order chi connectivity index (χ0) is 16.1. The molecule has 1 heterocycles. The first-order valence-corrected chi connectivity index (χ1v) is 7.85. The first kappa shape index (κ1) is 16.4. The summed E-state index contributed by atoms with van der Waals surface area (Å²) in [7, 11) is 0. The molecular formula is C18H23NO3. The zero-order valence-corrected chi connectivity index (χ0v) is 13.2. The van der Waals surface area contributed by atoms with E-state index in [1.807, 2.05) is 18.2 Å². The van der Waals surface area contributed by atoms with Crippen molar-refractivity contribution in [2.75, 3.05) is 0 Å². The van der Waals surface area contributed by atoms with Crippen LogP contribution in [-0.4, -0.2) is 34.5 Å². The smallest absolute Gasteiger partial charge is 0.254 e. The average molecular weight is 301 g/mol. The van der Waals surface area contributed by atoms with Crippen LogP contribution in [0.15, 0.2) is 30.3 Å². The van der Waals surface area contributed by atoms with Crippen molar-refractivity contribution in [2.45, 2.75) is 58.0 Å². The highest BCUT2D eigenvalue weighted by molar-refractivity contribution is 5.95. The summed E-state index contributed by atoms with van der Waals surface area (Å²) in [5.74, 6) is 0.0940. The van der Waals surface area contributed by atoms with E-state index in [-0.39, 0.29) is 29.6 Å². The van der Waals surface area contributed by atoms with Crippen LogP contribution in [0.2, 0.25) is 0 Å². The first-order chi connectivity index (χ1) is 10.5. The number of amides is 1. The summed E-state index contributed by atoms with van der Waals surface area (Å²) in [4.78, 5) is 37.8. The molecule has 2 atom stereocenters. The highest BCUT2D eigenvalue weighted by Crippen LogP contribution is 2.29. The van der Waals surface area contributed by atoms with Gasteiger partial charge in [0.15, 0.2) is 0 Å². The van der Waals surface area contributed by atoms with E-state index in [1.165, 1.54) is 0 Å². The van der Waals surface area contributed by atoms with Crippen molar-refractivity contribution in [3.05, 3.63) is 35.9 Å². The van der Waals surface area contributed by atoms with Gasteiger partial charge in [0, 0.05) is 30.5 Å². The molecule has 0 N–H and O–H groups in total. The quantitative estimate of drug-likeness (QED) is 0.840. The molecule has 118 valence electrons. The molecule has 0 bridgehead atoms. The van der Waals surface area contributed by atoms with E-state index in [2.05, 4.69) is 0 Å². The Morgan fingerprint density at radius 3 is 1.91 bits per heavy atom. The number of nitrogens with zero attached hydrogens (tertiary/aromatic N) is 1. The zero-order valence-electron chi connectivity index (χ0n) is 13.2. The summed E-state index contributed by atoms with van der Waals surface area (Å²) in [5.41, 5.74) is 0.617. The third kappa shape index (κ3) is 4.03. The van der Waals surface area contributed by atoms with Crippen LogP contribution < -0.4 is 0 Å². The van der Waals surface area contributed by atoms with Crippen molar-refractivity contribution >= 4 is 17.5 Å². The van der Waals surface area contributed by atoms with Gasteiger partial charge in [-0.05, 0) is 45.2 Å². The van der Waals surface area contributed by atoms with Gasteiger partial charge in [0.05, 0.1) is 0 Å². The molecule has 1 aliphatic heterocycles. The van der Waals surface area contributed by atoms with E-state index in [1.54, 1.807) is 30.9 Å². The predicted molar refractivity (Wildman–Crippen MR) is 84.6 cm³/mol. The van der Waals surface area contributed by atoms with Gasteiger partial charge >= 0.3 is 0 Å². The standard InChI is InChI=1S/C18H23NO3/c1-13(20)11-16-9-6-10-17(12-14(2)21)19(16)18(22)15-7-4-3-5-8-15/h3-5,7-8,16-17H,6,9-12H2,1-2H3. The maximum atomic E-state index is 12.9. The summed E-state index contributed by atoms with van der Waals surface area (Å²) < 4.78 is 0. The molecule has 0 aliphatic carbocycles. The number of hydrogen-bond acceptors (Lipinski definition) is 3. The minimum Gasteiger partial charge on any atom is -0.332 e. The van der Waals surface area contributed by atoms with E-state index in [0.29, 0.717) is 18.4 Å². The minimum atomic E-state index is -0.0942. The maximum Gasteiger partial charge on any atom is 0.254 e. The molecule has 1 aromatic rings. The SMILES string of the molecule is CC(=O)CC1CCCC(CC(C)=O)N1C(=O)c1ccccc1. The van der Waals surface area contributed by atoms with Gasteiger partial charge in [0.2, 0.25) is 0 Å². The number of carbonyl (C=O) groups is 3. The summed E-state index contributed by atoms with van der Waals surface area (Å²) in [5, 5.41) is 0. The lowest BCUT2D eigenvalue weighted by Gasteiger charge is -2.42. The van der Waals surface area contributed by atoms with Crippen molar-refractivity contribution in [3.8, 4) is 0 Å². The van der Waals surface area contributed by atoms with E-state index in [0.717, 1.165) is 19.3 Å². The summed E-state index contributed by atoms with van der Waals surface area (Å²) in [6, 6.07) is 8.91. The van der Waals surface area contributed by atoms with Gasteiger partial charge in [-0.15, -0.1) is 0 Å². The van der Waals surface area contributed by atoms with Crippen LogP contribution >= 0.6 is 0 Å². The summed E-state index contributed by atoms with van der Waals surface area (Å²) >= 11 is 0. The van der Waals surface area contributed by atoms with Gasteiger partial charge in [-0.1, -0.05) is 18.2 Å². The topological polar surface area (TPSA) is 54.5 Å². The van der Waals surface area contributed by atoms with Crippen molar-refractivity contribution in [2.24, 2.45) is 0 Å². The lowest BCUT2D eigenvalue weighted by Crippen LogP contribution is -2.51. The third-order valence-corrected chi connectivity index (χ3v) is 4.16. The van der Waals surface area contributed by atoms with Crippen molar-refractivity contribution in [3.63, 3.8) is 0 Å². The molecule has 0 saturated carbocycles. The Labute approximate surface area is 131 Å². The van der Waals surface area contributed by atoms with E-state index in [9.17, 15) is 14.4 Å². The Morgan fingerprint density at radius 1 is 0.955 bits per heavy atom. The molecule has 0 radical (unpaired) electrons. The molecule has 22 heavy (non-hydrogen) atoms. The van der Waals surface area contributed by atoms with E-state index >= 15 is 0 Å². The fourth-order valence-corrected chi connectivity index (χ4v) is 3.29. The number of rotatable bonds is 5. The van der Waals surface area contributed by atoms with Gasteiger partial charge < -0.3 is 4.90 Å². The highest BCUT2D eigenvalue weighted by atomic mass is 16.2. The van der Waals surface area contributed by atoms with Crippen LogP contribution in [0.25, 0.3) is 0 Å². The van der Waals surface area contributed by atoms with Crippen LogP contribution in [0.5, 0.6) is 0 Å². The molecule has 1 amide bonds. The summed E-state index contributed by atoms with van der Waals surface area (Å²) in [6.45, 7) is 3.11.